The lowest BCUT2D eigenvalue weighted by molar-refractivity contribution is 0.0941. The minimum Gasteiger partial charge on any atom is -0.382 e. The van der Waals surface area contributed by atoms with Gasteiger partial charge in [0.25, 0.3) is 0 Å². The number of ketones is 1. The highest BCUT2D eigenvalue weighted by Gasteiger charge is 2.23. The van der Waals surface area contributed by atoms with Crippen LogP contribution >= 0.6 is 11.6 Å². The molecule has 1 aliphatic rings. The van der Waals surface area contributed by atoms with Crippen molar-refractivity contribution >= 4 is 34.1 Å². The summed E-state index contributed by atoms with van der Waals surface area (Å²) < 4.78 is 0. The van der Waals surface area contributed by atoms with Crippen LogP contribution in [0.4, 0.5) is 5.82 Å². The van der Waals surface area contributed by atoms with Crippen LogP contribution in [-0.2, 0) is 0 Å². The van der Waals surface area contributed by atoms with Crippen LogP contribution < -0.4 is 5.73 Å². The smallest absolute Gasteiger partial charge is 0.198 e. The molecule has 4 aromatic rings. The summed E-state index contributed by atoms with van der Waals surface area (Å²) in [4.78, 5) is 29.0. The van der Waals surface area contributed by atoms with Gasteiger partial charge in [-0.15, -0.1) is 0 Å². The summed E-state index contributed by atoms with van der Waals surface area (Å²) in [5, 5.41) is 1.40. The lowest BCUT2D eigenvalue weighted by Gasteiger charge is -2.16. The minimum atomic E-state index is -0.119. The van der Waals surface area contributed by atoms with Crippen molar-refractivity contribution in [1.29, 1.82) is 0 Å². The van der Waals surface area contributed by atoms with E-state index in [1.807, 2.05) is 54.6 Å². The maximum absolute atomic E-state index is 13.1. The van der Waals surface area contributed by atoms with Crippen LogP contribution in [-0.4, -0.2) is 45.3 Å². The third-order valence-corrected chi connectivity index (χ3v) is 6.02. The van der Waals surface area contributed by atoms with Crippen molar-refractivity contribution in [2.75, 3.05) is 25.4 Å². The molecule has 0 atom stereocenters. The first kappa shape index (κ1) is 20.5. The summed E-state index contributed by atoms with van der Waals surface area (Å²) in [6.07, 6.45) is 3.92. The highest BCUT2D eigenvalue weighted by molar-refractivity contribution is 6.35. The number of aromatic nitrogens is 3. The Balaban J connectivity index is 1.67. The van der Waals surface area contributed by atoms with Crippen molar-refractivity contribution < 1.29 is 4.79 Å². The Morgan fingerprint density at radius 3 is 2.50 bits per heavy atom. The zero-order chi connectivity index (χ0) is 22.1. The third kappa shape index (κ3) is 3.95. The van der Waals surface area contributed by atoms with E-state index < -0.39 is 0 Å². The number of anilines is 1. The summed E-state index contributed by atoms with van der Waals surface area (Å²) in [6, 6.07) is 17.3. The van der Waals surface area contributed by atoms with Crippen molar-refractivity contribution in [2.24, 2.45) is 0 Å². The number of benzene rings is 2. The van der Waals surface area contributed by atoms with Gasteiger partial charge in [-0.25, -0.2) is 9.97 Å². The number of nitrogen functional groups attached to an aromatic ring is 1. The largest absolute Gasteiger partial charge is 0.382 e. The first-order valence-electron chi connectivity index (χ1n) is 10.6. The number of fused-ring (bicyclic) bond motifs is 1. The summed E-state index contributed by atoms with van der Waals surface area (Å²) in [6.45, 7) is 2.13. The zero-order valence-electron chi connectivity index (χ0n) is 17.5. The van der Waals surface area contributed by atoms with Gasteiger partial charge in [-0.3, -0.25) is 14.7 Å². The number of nitrogens with zero attached hydrogens (tertiary/aromatic N) is 4. The Morgan fingerprint density at radius 2 is 1.72 bits per heavy atom. The van der Waals surface area contributed by atoms with Gasteiger partial charge in [-0.2, -0.15) is 0 Å². The number of carbonyl (C=O) groups is 1. The van der Waals surface area contributed by atoms with Gasteiger partial charge >= 0.3 is 0 Å². The van der Waals surface area contributed by atoms with Gasteiger partial charge in [0.1, 0.15) is 0 Å². The first-order valence-corrected chi connectivity index (χ1v) is 11.0. The summed E-state index contributed by atoms with van der Waals surface area (Å²) in [5.74, 6) is 0.0247. The van der Waals surface area contributed by atoms with E-state index in [1.54, 1.807) is 6.20 Å². The summed E-state index contributed by atoms with van der Waals surface area (Å²) in [7, 11) is 0. The van der Waals surface area contributed by atoms with E-state index in [2.05, 4.69) is 14.9 Å². The molecule has 2 aromatic heterocycles. The minimum absolute atomic E-state index is 0.119. The number of nitrogens with two attached hydrogens (primary N) is 1. The molecule has 1 aliphatic heterocycles. The highest BCUT2D eigenvalue weighted by atomic mass is 35.5. The Labute approximate surface area is 191 Å². The van der Waals surface area contributed by atoms with Crippen molar-refractivity contribution in [3.05, 3.63) is 71.5 Å². The van der Waals surface area contributed by atoms with Gasteiger partial charge in [0.2, 0.25) is 0 Å². The second-order valence-corrected chi connectivity index (χ2v) is 8.37. The van der Waals surface area contributed by atoms with E-state index in [1.165, 1.54) is 0 Å². The number of hydrogen-bond acceptors (Lipinski definition) is 6. The topological polar surface area (TPSA) is 85.0 Å². The van der Waals surface area contributed by atoms with Gasteiger partial charge in [-0.1, -0.05) is 48.0 Å². The quantitative estimate of drug-likeness (QED) is 0.443. The molecule has 160 valence electrons. The Morgan fingerprint density at radius 1 is 0.969 bits per heavy atom. The number of Topliss-reactive ketones (excluding diaryl/α,β-unsaturated/α-hetero) is 1. The SMILES string of the molecule is Nc1nc(-c2ccccc2)c(-c2cc(Cl)c3ncccc3c2)nc1C(=O)CN1CCCC1. The molecule has 0 unspecified atom stereocenters. The average molecular weight is 444 g/mol. The van der Waals surface area contributed by atoms with Crippen molar-refractivity contribution in [1.82, 2.24) is 19.9 Å². The van der Waals surface area contributed by atoms with Gasteiger partial charge < -0.3 is 5.73 Å². The van der Waals surface area contributed by atoms with Crippen LogP contribution in [0.3, 0.4) is 0 Å². The van der Waals surface area contributed by atoms with E-state index in [0.29, 0.717) is 28.5 Å². The maximum atomic E-state index is 13.1. The fraction of sp³-hybridized carbons (Fsp3) is 0.200. The molecule has 1 fully saturated rings. The van der Waals surface area contributed by atoms with E-state index in [-0.39, 0.29) is 17.3 Å². The molecule has 1 saturated heterocycles. The molecule has 0 saturated carbocycles. The Kier molecular flexibility index (Phi) is 5.55. The number of pyridine rings is 1. The van der Waals surface area contributed by atoms with Crippen molar-refractivity contribution in [3.63, 3.8) is 0 Å². The summed E-state index contributed by atoms with van der Waals surface area (Å²) in [5.41, 5.74) is 9.98. The van der Waals surface area contributed by atoms with Crippen LogP contribution in [0.15, 0.2) is 60.8 Å². The monoisotopic (exact) mass is 443 g/mol. The third-order valence-electron chi connectivity index (χ3n) is 5.73. The molecule has 2 N–H and O–H groups in total. The van der Waals surface area contributed by atoms with E-state index in [0.717, 1.165) is 42.4 Å². The molecule has 0 radical (unpaired) electrons. The lowest BCUT2D eigenvalue weighted by Crippen LogP contribution is -2.28. The van der Waals surface area contributed by atoms with E-state index >= 15 is 0 Å². The highest BCUT2D eigenvalue weighted by Crippen LogP contribution is 2.35. The van der Waals surface area contributed by atoms with Crippen LogP contribution in [0.2, 0.25) is 5.02 Å². The van der Waals surface area contributed by atoms with Gasteiger partial charge in [-0.05, 0) is 44.1 Å². The summed E-state index contributed by atoms with van der Waals surface area (Å²) >= 11 is 6.55. The van der Waals surface area contributed by atoms with Gasteiger partial charge in [0, 0.05) is 22.7 Å². The average Bonchev–Trinajstić information content (AvgIpc) is 3.32. The van der Waals surface area contributed by atoms with Crippen LogP contribution in [0.1, 0.15) is 23.3 Å². The molecule has 0 bridgehead atoms. The molecule has 3 heterocycles. The maximum Gasteiger partial charge on any atom is 0.198 e. The zero-order valence-corrected chi connectivity index (χ0v) is 18.2. The fourth-order valence-electron chi connectivity index (χ4n) is 4.16. The van der Waals surface area contributed by atoms with E-state index in [9.17, 15) is 4.79 Å². The molecule has 2 aromatic carbocycles. The molecule has 0 aliphatic carbocycles. The predicted octanol–water partition coefficient (Wildman–Crippen LogP) is 4.87. The lowest BCUT2D eigenvalue weighted by atomic mass is 10.0. The number of likely N-dealkylation sites (tertiary alicyclic amines) is 1. The molecule has 6 nitrogen and oxygen atoms in total. The second kappa shape index (κ2) is 8.65. The van der Waals surface area contributed by atoms with Crippen LogP contribution in [0, 0.1) is 0 Å². The molecule has 32 heavy (non-hydrogen) atoms. The molecule has 0 spiro atoms. The van der Waals surface area contributed by atoms with E-state index in [4.69, 9.17) is 22.3 Å². The normalized spacial score (nSPS) is 14.2. The second-order valence-electron chi connectivity index (χ2n) is 7.96. The molecule has 7 heteroatoms. The van der Waals surface area contributed by atoms with Crippen molar-refractivity contribution in [2.45, 2.75) is 12.8 Å². The molecule has 5 rings (SSSR count). The number of halogens is 1. The molecular weight excluding hydrogens is 422 g/mol. The first-order chi connectivity index (χ1) is 15.6. The molecule has 0 amide bonds. The Hall–Kier alpha value is -3.35. The predicted molar refractivity (Wildman–Crippen MR) is 128 cm³/mol. The van der Waals surface area contributed by atoms with Crippen LogP contribution in [0.25, 0.3) is 33.4 Å². The van der Waals surface area contributed by atoms with Gasteiger partial charge in [0.05, 0.1) is 28.5 Å². The standard InChI is InChI=1S/C25H22ClN5O/c26-19-14-18(13-17-9-6-10-28-21(17)19)23-22(16-7-2-1-3-8-16)30-25(27)24(29-23)20(32)15-31-11-4-5-12-31/h1-3,6-10,13-14H,4-5,11-12,15H2,(H2,27,30). The number of carbonyl (C=O) groups excluding carboxylic acids is 1. The van der Waals surface area contributed by atoms with Crippen molar-refractivity contribution in [3.8, 4) is 22.5 Å². The van der Waals surface area contributed by atoms with Gasteiger partial charge in [0.15, 0.2) is 17.3 Å². The number of hydrogen-bond donors (Lipinski definition) is 1. The Bertz CT molecular complexity index is 1300. The molecular formula is C25H22ClN5O. The fourth-order valence-corrected chi connectivity index (χ4v) is 4.43. The van der Waals surface area contributed by atoms with Crippen LogP contribution in [0.5, 0.6) is 0 Å². The number of rotatable bonds is 5.